The zero-order valence-electron chi connectivity index (χ0n) is 15.3. The normalized spacial score (nSPS) is 33.7. The number of urea groups is 1. The molecule has 0 radical (unpaired) electrons. The van der Waals surface area contributed by atoms with E-state index < -0.39 is 0 Å². The van der Waals surface area contributed by atoms with Crippen LogP contribution in [-0.4, -0.2) is 64.4 Å². The van der Waals surface area contributed by atoms with Crippen LogP contribution in [0, 0.1) is 5.92 Å². The minimum absolute atomic E-state index is 0.156. The lowest BCUT2D eigenvalue weighted by Gasteiger charge is -2.47. The van der Waals surface area contributed by atoms with Gasteiger partial charge in [0.1, 0.15) is 0 Å². The highest BCUT2D eigenvalue weighted by atomic mass is 16.2. The number of piperidine rings is 2. The second-order valence-electron chi connectivity index (χ2n) is 8.11. The molecule has 4 atom stereocenters. The molecule has 1 saturated carbocycles. The fourth-order valence-corrected chi connectivity index (χ4v) is 5.15. The van der Waals surface area contributed by atoms with Crippen molar-refractivity contribution in [3.8, 4) is 0 Å². The minimum atomic E-state index is 0.156. The Morgan fingerprint density at radius 1 is 1.08 bits per heavy atom. The molecule has 6 nitrogen and oxygen atoms in total. The molecule has 138 valence electrons. The average molecular weight is 345 g/mol. The lowest BCUT2D eigenvalue weighted by atomic mass is 9.84. The summed E-state index contributed by atoms with van der Waals surface area (Å²) in [5.41, 5.74) is 0. The summed E-state index contributed by atoms with van der Waals surface area (Å²) in [5.74, 6) is 0.645. The Bertz CT molecular complexity index is 574. The highest BCUT2D eigenvalue weighted by molar-refractivity contribution is 5.75. The topological polar surface area (TPSA) is 53.4 Å². The standard InChI is InChI=1S/C19H31N5O/c1-22-13-9-17-15(14-22)6-4-11-23(17)19(25)21-16-7-2-3-8-18(16)24-12-5-10-20-24/h5,10,12,15-18H,2-4,6-9,11,13-14H2,1H3,(H,21,25)/t15-,16-,17-,18+/m1/s1. The van der Waals surface area contributed by atoms with E-state index in [0.717, 1.165) is 45.3 Å². The molecule has 3 fully saturated rings. The molecular formula is C19H31N5O. The van der Waals surface area contributed by atoms with E-state index in [2.05, 4.69) is 27.3 Å². The average Bonchev–Trinajstić information content (AvgIpc) is 3.16. The van der Waals surface area contributed by atoms with E-state index in [-0.39, 0.29) is 12.1 Å². The molecule has 2 amide bonds. The summed E-state index contributed by atoms with van der Waals surface area (Å²) in [6, 6.07) is 3.06. The van der Waals surface area contributed by atoms with Gasteiger partial charge in [0.25, 0.3) is 0 Å². The predicted octanol–water partition coefficient (Wildman–Crippen LogP) is 2.49. The first-order chi connectivity index (χ1) is 12.2. The number of nitrogens with zero attached hydrogens (tertiary/aromatic N) is 4. The summed E-state index contributed by atoms with van der Waals surface area (Å²) in [7, 11) is 2.20. The number of hydrogen-bond acceptors (Lipinski definition) is 3. The van der Waals surface area contributed by atoms with E-state index in [0.29, 0.717) is 18.0 Å². The van der Waals surface area contributed by atoms with Gasteiger partial charge < -0.3 is 15.1 Å². The molecule has 1 aromatic heterocycles. The summed E-state index contributed by atoms with van der Waals surface area (Å²) in [5, 5.41) is 7.81. The number of hydrogen-bond donors (Lipinski definition) is 1. The summed E-state index contributed by atoms with van der Waals surface area (Å²) in [4.78, 5) is 17.7. The van der Waals surface area contributed by atoms with E-state index in [9.17, 15) is 4.79 Å². The monoisotopic (exact) mass is 345 g/mol. The Hall–Kier alpha value is -1.56. The highest BCUT2D eigenvalue weighted by Crippen LogP contribution is 2.32. The van der Waals surface area contributed by atoms with E-state index >= 15 is 0 Å². The van der Waals surface area contributed by atoms with Gasteiger partial charge in [-0.1, -0.05) is 12.8 Å². The second-order valence-corrected chi connectivity index (χ2v) is 8.11. The first-order valence-corrected chi connectivity index (χ1v) is 9.97. The first-order valence-electron chi connectivity index (χ1n) is 9.97. The molecular weight excluding hydrogens is 314 g/mol. The Morgan fingerprint density at radius 2 is 1.96 bits per heavy atom. The molecule has 1 aromatic rings. The quantitative estimate of drug-likeness (QED) is 0.896. The van der Waals surface area contributed by atoms with Gasteiger partial charge in [-0.25, -0.2) is 4.79 Å². The Morgan fingerprint density at radius 3 is 2.80 bits per heavy atom. The molecule has 6 heteroatoms. The van der Waals surface area contributed by atoms with Crippen LogP contribution in [0.1, 0.15) is 51.0 Å². The van der Waals surface area contributed by atoms with Gasteiger partial charge in [-0.2, -0.15) is 5.10 Å². The van der Waals surface area contributed by atoms with E-state index in [4.69, 9.17) is 0 Å². The molecule has 25 heavy (non-hydrogen) atoms. The number of carbonyl (C=O) groups excluding carboxylic acids is 1. The third-order valence-electron chi connectivity index (χ3n) is 6.44. The van der Waals surface area contributed by atoms with Crippen molar-refractivity contribution < 1.29 is 4.79 Å². The van der Waals surface area contributed by atoms with Gasteiger partial charge in [0.05, 0.1) is 12.1 Å². The molecule has 4 rings (SSSR count). The van der Waals surface area contributed by atoms with Gasteiger partial charge in [-0.3, -0.25) is 4.68 Å². The van der Waals surface area contributed by atoms with Crippen molar-refractivity contribution >= 4 is 6.03 Å². The first kappa shape index (κ1) is 16.9. The number of nitrogens with one attached hydrogen (secondary N) is 1. The largest absolute Gasteiger partial charge is 0.333 e. The summed E-state index contributed by atoms with van der Waals surface area (Å²) in [6.07, 6.45) is 11.9. The molecule has 1 aliphatic carbocycles. The molecule has 0 unspecified atom stereocenters. The number of carbonyl (C=O) groups is 1. The molecule has 1 N–H and O–H groups in total. The lowest BCUT2D eigenvalue weighted by molar-refractivity contribution is 0.0508. The van der Waals surface area contributed by atoms with Gasteiger partial charge in [-0.05, 0) is 57.7 Å². The summed E-state index contributed by atoms with van der Waals surface area (Å²) < 4.78 is 2.04. The van der Waals surface area contributed by atoms with Crippen molar-refractivity contribution in [1.82, 2.24) is 24.9 Å². The molecule has 0 spiro atoms. The fraction of sp³-hybridized carbons (Fsp3) is 0.789. The zero-order chi connectivity index (χ0) is 17.2. The Labute approximate surface area is 150 Å². The van der Waals surface area contributed by atoms with Crippen LogP contribution < -0.4 is 5.32 Å². The van der Waals surface area contributed by atoms with Crippen LogP contribution in [0.25, 0.3) is 0 Å². The van der Waals surface area contributed by atoms with Crippen LogP contribution in [0.3, 0.4) is 0 Å². The van der Waals surface area contributed by atoms with Crippen molar-refractivity contribution in [2.24, 2.45) is 5.92 Å². The third kappa shape index (κ3) is 3.54. The van der Waals surface area contributed by atoms with Crippen LogP contribution in [0.2, 0.25) is 0 Å². The van der Waals surface area contributed by atoms with Gasteiger partial charge in [0.2, 0.25) is 0 Å². The van der Waals surface area contributed by atoms with E-state index in [1.807, 2.05) is 23.1 Å². The van der Waals surface area contributed by atoms with Gasteiger partial charge >= 0.3 is 6.03 Å². The maximum Gasteiger partial charge on any atom is 0.317 e. The summed E-state index contributed by atoms with van der Waals surface area (Å²) >= 11 is 0. The van der Waals surface area contributed by atoms with Gasteiger partial charge in [0, 0.05) is 31.5 Å². The molecule has 3 heterocycles. The molecule has 0 aromatic carbocycles. The second kappa shape index (κ2) is 7.36. The number of likely N-dealkylation sites (tertiary alicyclic amines) is 2. The maximum atomic E-state index is 13.1. The molecule has 2 aliphatic heterocycles. The smallest absolute Gasteiger partial charge is 0.317 e. The molecule has 0 bridgehead atoms. The number of fused-ring (bicyclic) bond motifs is 1. The fourth-order valence-electron chi connectivity index (χ4n) is 5.15. The lowest BCUT2D eigenvalue weighted by Crippen LogP contribution is -2.59. The number of amides is 2. The van der Waals surface area contributed by atoms with Crippen molar-refractivity contribution in [1.29, 1.82) is 0 Å². The maximum absolute atomic E-state index is 13.1. The van der Waals surface area contributed by atoms with Crippen LogP contribution in [-0.2, 0) is 0 Å². The van der Waals surface area contributed by atoms with E-state index in [1.165, 1.54) is 19.3 Å². The van der Waals surface area contributed by atoms with Crippen LogP contribution in [0.5, 0.6) is 0 Å². The van der Waals surface area contributed by atoms with Gasteiger partial charge in [0.15, 0.2) is 0 Å². The predicted molar refractivity (Wildman–Crippen MR) is 97.4 cm³/mol. The Balaban J connectivity index is 1.43. The molecule has 3 aliphatic rings. The van der Waals surface area contributed by atoms with Crippen LogP contribution in [0.4, 0.5) is 4.79 Å². The Kier molecular flexibility index (Phi) is 4.97. The molecule has 2 saturated heterocycles. The van der Waals surface area contributed by atoms with Crippen molar-refractivity contribution in [3.05, 3.63) is 18.5 Å². The van der Waals surface area contributed by atoms with Gasteiger partial charge in [-0.15, -0.1) is 0 Å². The third-order valence-corrected chi connectivity index (χ3v) is 6.44. The van der Waals surface area contributed by atoms with Crippen molar-refractivity contribution in [3.63, 3.8) is 0 Å². The van der Waals surface area contributed by atoms with Crippen LogP contribution >= 0.6 is 0 Å². The van der Waals surface area contributed by atoms with Crippen molar-refractivity contribution in [2.75, 3.05) is 26.7 Å². The number of rotatable bonds is 2. The SMILES string of the molecule is CN1CC[C@@H]2[C@H](CCCN2C(=O)N[C@@H]2CCCC[C@@H]2n2cccn2)C1. The van der Waals surface area contributed by atoms with E-state index in [1.54, 1.807) is 0 Å². The summed E-state index contributed by atoms with van der Waals surface area (Å²) in [6.45, 7) is 3.15. The van der Waals surface area contributed by atoms with Crippen molar-refractivity contribution in [2.45, 2.75) is 63.1 Å². The zero-order valence-corrected chi connectivity index (χ0v) is 15.3. The number of aromatic nitrogens is 2. The van der Waals surface area contributed by atoms with Crippen LogP contribution in [0.15, 0.2) is 18.5 Å². The minimum Gasteiger partial charge on any atom is -0.333 e. The highest BCUT2D eigenvalue weighted by Gasteiger charge is 2.38.